The van der Waals surface area contributed by atoms with E-state index in [-0.39, 0.29) is 12.5 Å². The van der Waals surface area contributed by atoms with Crippen LogP contribution in [-0.2, 0) is 18.0 Å². The molecule has 0 atom stereocenters. The molecule has 0 unspecified atom stereocenters. The monoisotopic (exact) mass is 367 g/mol. The molecule has 3 aromatic rings. The van der Waals surface area contributed by atoms with Crippen molar-refractivity contribution in [1.82, 2.24) is 10.5 Å². The van der Waals surface area contributed by atoms with Gasteiger partial charge in [0.2, 0.25) is 0 Å². The molecule has 0 aliphatic heterocycles. The summed E-state index contributed by atoms with van der Waals surface area (Å²) in [4.78, 5) is 21.7. The SMILES string of the molecule is O=C(NOCc1ccccc1Cl)c1ccccc1NCc1ccncc1. The van der Waals surface area contributed by atoms with Crippen LogP contribution in [0.15, 0.2) is 73.1 Å². The topological polar surface area (TPSA) is 63.2 Å². The number of hydroxylamine groups is 1. The summed E-state index contributed by atoms with van der Waals surface area (Å²) >= 11 is 6.07. The van der Waals surface area contributed by atoms with Crippen LogP contribution >= 0.6 is 11.6 Å². The van der Waals surface area contributed by atoms with Crippen molar-refractivity contribution >= 4 is 23.2 Å². The number of nitrogens with zero attached hydrogens (tertiary/aromatic N) is 1. The Bertz CT molecular complexity index is 872. The number of pyridine rings is 1. The van der Waals surface area contributed by atoms with Crippen LogP contribution in [0.5, 0.6) is 0 Å². The van der Waals surface area contributed by atoms with Crippen LogP contribution in [0, 0.1) is 0 Å². The Morgan fingerprint density at radius 3 is 2.54 bits per heavy atom. The zero-order valence-electron chi connectivity index (χ0n) is 14.0. The van der Waals surface area contributed by atoms with Gasteiger partial charge in [-0.05, 0) is 41.5 Å². The summed E-state index contributed by atoms with van der Waals surface area (Å²) in [7, 11) is 0. The molecule has 0 spiro atoms. The van der Waals surface area contributed by atoms with E-state index in [9.17, 15) is 4.79 Å². The molecule has 0 radical (unpaired) electrons. The van der Waals surface area contributed by atoms with Crippen molar-refractivity contribution in [3.05, 3.63) is 94.8 Å². The first-order valence-corrected chi connectivity index (χ1v) is 8.49. The second-order valence-corrected chi connectivity index (χ2v) is 5.97. The number of nitrogens with one attached hydrogen (secondary N) is 2. The Hall–Kier alpha value is -2.89. The van der Waals surface area contributed by atoms with Crippen LogP contribution in [0.2, 0.25) is 5.02 Å². The molecule has 0 aliphatic rings. The molecule has 0 saturated carbocycles. The van der Waals surface area contributed by atoms with Gasteiger partial charge in [-0.1, -0.05) is 41.9 Å². The summed E-state index contributed by atoms with van der Waals surface area (Å²) < 4.78 is 0. The fraction of sp³-hybridized carbons (Fsp3) is 0.100. The predicted molar refractivity (Wildman–Crippen MR) is 102 cm³/mol. The van der Waals surface area contributed by atoms with E-state index in [0.717, 1.165) is 16.8 Å². The maximum Gasteiger partial charge on any atom is 0.276 e. The molecular weight excluding hydrogens is 350 g/mol. The number of para-hydroxylation sites is 1. The molecule has 0 saturated heterocycles. The van der Waals surface area contributed by atoms with Gasteiger partial charge in [-0.15, -0.1) is 0 Å². The summed E-state index contributed by atoms with van der Waals surface area (Å²) in [5.74, 6) is -0.324. The maximum absolute atomic E-state index is 12.4. The smallest absolute Gasteiger partial charge is 0.276 e. The van der Waals surface area contributed by atoms with Crippen LogP contribution in [-0.4, -0.2) is 10.9 Å². The van der Waals surface area contributed by atoms with E-state index >= 15 is 0 Å². The first-order valence-electron chi connectivity index (χ1n) is 8.11. The van der Waals surface area contributed by atoms with Crippen molar-refractivity contribution in [2.24, 2.45) is 0 Å². The Balaban J connectivity index is 1.59. The lowest BCUT2D eigenvalue weighted by atomic mass is 10.1. The van der Waals surface area contributed by atoms with Gasteiger partial charge in [-0.2, -0.15) is 0 Å². The van der Waals surface area contributed by atoms with Gasteiger partial charge in [0, 0.05) is 29.6 Å². The number of rotatable bonds is 7. The predicted octanol–water partition coefficient (Wildman–Crippen LogP) is 4.21. The molecule has 0 fully saturated rings. The van der Waals surface area contributed by atoms with E-state index in [0.29, 0.717) is 17.1 Å². The van der Waals surface area contributed by atoms with Crippen molar-refractivity contribution in [2.45, 2.75) is 13.2 Å². The fourth-order valence-electron chi connectivity index (χ4n) is 2.38. The summed E-state index contributed by atoms with van der Waals surface area (Å²) in [6, 6.07) is 18.4. The van der Waals surface area contributed by atoms with Crippen LogP contribution < -0.4 is 10.8 Å². The Labute approximate surface area is 156 Å². The van der Waals surface area contributed by atoms with Crippen LogP contribution in [0.1, 0.15) is 21.5 Å². The molecule has 0 bridgehead atoms. The lowest BCUT2D eigenvalue weighted by Crippen LogP contribution is -2.24. The first kappa shape index (κ1) is 17.9. The molecular formula is C20H18ClN3O2. The number of benzene rings is 2. The lowest BCUT2D eigenvalue weighted by molar-refractivity contribution is 0.0234. The number of hydrogen-bond acceptors (Lipinski definition) is 4. The van der Waals surface area contributed by atoms with Crippen molar-refractivity contribution in [2.75, 3.05) is 5.32 Å². The van der Waals surface area contributed by atoms with Crippen molar-refractivity contribution in [3.63, 3.8) is 0 Å². The second kappa shape index (κ2) is 8.99. The van der Waals surface area contributed by atoms with Gasteiger partial charge >= 0.3 is 0 Å². The number of hydrogen-bond donors (Lipinski definition) is 2. The third-order valence-electron chi connectivity index (χ3n) is 3.75. The van der Waals surface area contributed by atoms with E-state index in [4.69, 9.17) is 16.4 Å². The van der Waals surface area contributed by atoms with Crippen LogP contribution in [0.25, 0.3) is 0 Å². The van der Waals surface area contributed by atoms with Gasteiger partial charge in [0.15, 0.2) is 0 Å². The molecule has 132 valence electrons. The highest BCUT2D eigenvalue weighted by Crippen LogP contribution is 2.17. The zero-order valence-corrected chi connectivity index (χ0v) is 14.7. The summed E-state index contributed by atoms with van der Waals surface area (Å²) in [5, 5.41) is 3.86. The van der Waals surface area contributed by atoms with Gasteiger partial charge in [0.1, 0.15) is 6.61 Å². The summed E-state index contributed by atoms with van der Waals surface area (Å²) in [6.07, 6.45) is 3.47. The zero-order chi connectivity index (χ0) is 18.2. The molecule has 3 rings (SSSR count). The number of anilines is 1. The number of carbonyl (C=O) groups excluding carboxylic acids is 1. The van der Waals surface area contributed by atoms with Gasteiger partial charge in [-0.25, -0.2) is 5.48 Å². The maximum atomic E-state index is 12.4. The number of amides is 1. The van der Waals surface area contributed by atoms with Crippen molar-refractivity contribution in [1.29, 1.82) is 0 Å². The van der Waals surface area contributed by atoms with Gasteiger partial charge in [0.05, 0.1) is 5.56 Å². The van der Waals surface area contributed by atoms with Crippen LogP contribution in [0.3, 0.4) is 0 Å². The van der Waals surface area contributed by atoms with E-state index < -0.39 is 0 Å². The summed E-state index contributed by atoms with van der Waals surface area (Å²) in [6.45, 7) is 0.783. The molecule has 2 N–H and O–H groups in total. The standard InChI is InChI=1S/C20H18ClN3O2/c21-18-7-3-1-5-16(18)14-26-24-20(25)17-6-2-4-8-19(17)23-13-15-9-11-22-12-10-15/h1-12,23H,13-14H2,(H,24,25). The minimum atomic E-state index is -0.324. The molecule has 26 heavy (non-hydrogen) atoms. The van der Waals surface area contributed by atoms with E-state index in [1.807, 2.05) is 42.5 Å². The minimum Gasteiger partial charge on any atom is -0.380 e. The number of aromatic nitrogens is 1. The molecule has 2 aromatic carbocycles. The highest BCUT2D eigenvalue weighted by Gasteiger charge is 2.11. The fourth-order valence-corrected chi connectivity index (χ4v) is 2.57. The average Bonchev–Trinajstić information content (AvgIpc) is 2.69. The Morgan fingerprint density at radius 2 is 1.73 bits per heavy atom. The molecule has 1 heterocycles. The molecule has 5 nitrogen and oxygen atoms in total. The first-order chi connectivity index (χ1) is 12.7. The second-order valence-electron chi connectivity index (χ2n) is 5.57. The minimum absolute atomic E-state index is 0.192. The third-order valence-corrected chi connectivity index (χ3v) is 4.12. The van der Waals surface area contributed by atoms with E-state index in [1.54, 1.807) is 30.6 Å². The third kappa shape index (κ3) is 4.81. The highest BCUT2D eigenvalue weighted by molar-refractivity contribution is 6.31. The van der Waals surface area contributed by atoms with Gasteiger partial charge in [0.25, 0.3) is 5.91 Å². The Morgan fingerprint density at radius 1 is 1.00 bits per heavy atom. The number of halogens is 1. The average molecular weight is 368 g/mol. The Kier molecular flexibility index (Phi) is 6.19. The van der Waals surface area contributed by atoms with Crippen LogP contribution in [0.4, 0.5) is 5.69 Å². The summed E-state index contributed by atoms with van der Waals surface area (Å²) in [5.41, 5.74) is 5.57. The highest BCUT2D eigenvalue weighted by atomic mass is 35.5. The van der Waals surface area contributed by atoms with Gasteiger partial charge in [-0.3, -0.25) is 14.6 Å². The molecule has 1 amide bonds. The van der Waals surface area contributed by atoms with Gasteiger partial charge < -0.3 is 5.32 Å². The van der Waals surface area contributed by atoms with Crippen molar-refractivity contribution < 1.29 is 9.63 Å². The van der Waals surface area contributed by atoms with E-state index in [1.165, 1.54) is 0 Å². The largest absolute Gasteiger partial charge is 0.380 e. The normalized spacial score (nSPS) is 10.3. The quantitative estimate of drug-likeness (QED) is 0.614. The molecule has 0 aliphatic carbocycles. The molecule has 6 heteroatoms. The number of carbonyl (C=O) groups is 1. The molecule has 1 aromatic heterocycles. The van der Waals surface area contributed by atoms with Crippen molar-refractivity contribution in [3.8, 4) is 0 Å². The lowest BCUT2D eigenvalue weighted by Gasteiger charge is -2.12. The van der Waals surface area contributed by atoms with E-state index in [2.05, 4.69) is 15.8 Å².